The van der Waals surface area contributed by atoms with Crippen LogP contribution in [0.5, 0.6) is 5.75 Å². The Morgan fingerprint density at radius 1 is 1.20 bits per heavy atom. The van der Waals surface area contributed by atoms with E-state index in [-0.39, 0.29) is 25.5 Å². The van der Waals surface area contributed by atoms with E-state index in [1.165, 1.54) is 0 Å². The van der Waals surface area contributed by atoms with E-state index in [1.807, 2.05) is 60.7 Å². The van der Waals surface area contributed by atoms with Crippen LogP contribution in [0.25, 0.3) is 10.4 Å². The van der Waals surface area contributed by atoms with E-state index in [9.17, 15) is 4.79 Å². The third-order valence-electron chi connectivity index (χ3n) is 6.74. The summed E-state index contributed by atoms with van der Waals surface area (Å²) in [6, 6.07) is 22.7. The first-order valence-corrected chi connectivity index (χ1v) is 14.1. The van der Waals surface area contributed by atoms with Gasteiger partial charge in [-0.25, -0.2) is 4.99 Å². The summed E-state index contributed by atoms with van der Waals surface area (Å²) in [5.41, 5.74) is 10.9. The van der Waals surface area contributed by atoms with Gasteiger partial charge in [0.2, 0.25) is 5.90 Å². The molecule has 0 saturated carbocycles. The Morgan fingerprint density at radius 2 is 1.95 bits per heavy atom. The quantitative estimate of drug-likeness (QED) is 0.0732. The lowest BCUT2D eigenvalue weighted by molar-refractivity contribution is -0.128. The molecule has 1 aliphatic rings. The Bertz CT molecular complexity index is 1420. The molecule has 4 rings (SSSR count). The number of hydrogen-bond donors (Lipinski definition) is 2. The van der Waals surface area contributed by atoms with E-state index < -0.39 is 11.6 Å². The van der Waals surface area contributed by atoms with Crippen LogP contribution in [0.4, 0.5) is 0 Å². The second kappa shape index (κ2) is 14.5. The topological polar surface area (TPSA) is 129 Å². The average Bonchev–Trinajstić information content (AvgIpc) is 3.38. The van der Waals surface area contributed by atoms with Gasteiger partial charge in [0.1, 0.15) is 5.75 Å². The highest BCUT2D eigenvalue weighted by Crippen LogP contribution is 2.44. The Labute approximate surface area is 247 Å². The van der Waals surface area contributed by atoms with E-state index in [0.717, 1.165) is 15.6 Å². The first-order chi connectivity index (χ1) is 20.0. The van der Waals surface area contributed by atoms with Crippen molar-refractivity contribution in [1.29, 1.82) is 0 Å². The summed E-state index contributed by atoms with van der Waals surface area (Å²) in [7, 11) is 0. The van der Waals surface area contributed by atoms with Crippen LogP contribution in [-0.4, -0.2) is 42.2 Å². The second-order valence-corrected chi connectivity index (χ2v) is 10.4. The average molecular weight is 619 g/mol. The predicted molar refractivity (Wildman–Crippen MR) is 162 cm³/mol. The lowest BCUT2D eigenvalue weighted by atomic mass is 9.82. The summed E-state index contributed by atoms with van der Waals surface area (Å²) >= 11 is 3.45. The van der Waals surface area contributed by atoms with Crippen LogP contribution in [0.1, 0.15) is 41.2 Å². The molecular weight excluding hydrogens is 586 g/mol. The summed E-state index contributed by atoms with van der Waals surface area (Å²) in [5.74, 6) is 0.692. The highest BCUT2D eigenvalue weighted by Gasteiger charge is 2.52. The third-order valence-corrected chi connectivity index (χ3v) is 7.27. The first kappa shape index (κ1) is 29.9. The molecule has 3 aromatic rings. The number of carbonyl (C=O) groups is 1. The fourth-order valence-electron chi connectivity index (χ4n) is 4.68. The number of rotatable bonds is 14. The van der Waals surface area contributed by atoms with Crippen LogP contribution in [0.15, 0.2) is 100 Å². The number of aliphatic imine (C=N–C) groups is 1. The number of azide groups is 1. The van der Waals surface area contributed by atoms with Crippen molar-refractivity contribution in [2.75, 3.05) is 19.8 Å². The Morgan fingerprint density at radius 3 is 2.66 bits per heavy atom. The summed E-state index contributed by atoms with van der Waals surface area (Å²) in [4.78, 5) is 21.9. The molecule has 2 atom stereocenters. The van der Waals surface area contributed by atoms with Crippen molar-refractivity contribution in [3.8, 4) is 5.75 Å². The third kappa shape index (κ3) is 7.35. The molecule has 1 heterocycles. The number of halogens is 1. The second-order valence-electron chi connectivity index (χ2n) is 9.50. The maximum atomic E-state index is 14.0. The number of nitrogens with zero attached hydrogens (tertiary/aromatic N) is 4. The van der Waals surface area contributed by atoms with Gasteiger partial charge in [0.25, 0.3) is 5.91 Å². The monoisotopic (exact) mass is 617 g/mol. The van der Waals surface area contributed by atoms with Gasteiger partial charge in [-0.15, -0.1) is 6.58 Å². The van der Waals surface area contributed by atoms with Gasteiger partial charge >= 0.3 is 0 Å². The molecule has 0 fully saturated rings. The molecule has 0 bridgehead atoms. The van der Waals surface area contributed by atoms with Crippen LogP contribution >= 0.6 is 15.9 Å². The minimum absolute atomic E-state index is 0.0574. The summed E-state index contributed by atoms with van der Waals surface area (Å²) in [6.45, 7) is 4.91. The van der Waals surface area contributed by atoms with Gasteiger partial charge in [0.05, 0.1) is 13.2 Å². The van der Waals surface area contributed by atoms with Gasteiger partial charge in [-0.2, -0.15) is 0 Å². The van der Waals surface area contributed by atoms with Gasteiger partial charge in [-0.3, -0.25) is 4.79 Å². The Hall–Kier alpha value is -4.11. The van der Waals surface area contributed by atoms with Crippen molar-refractivity contribution < 1.29 is 19.4 Å². The molecule has 3 aromatic carbocycles. The number of nitrogens with one attached hydrogen (secondary N) is 1. The van der Waals surface area contributed by atoms with E-state index >= 15 is 0 Å². The van der Waals surface area contributed by atoms with Gasteiger partial charge in [0, 0.05) is 40.9 Å². The van der Waals surface area contributed by atoms with Gasteiger partial charge < -0.3 is 19.9 Å². The van der Waals surface area contributed by atoms with Crippen LogP contribution in [-0.2, 0) is 22.5 Å². The van der Waals surface area contributed by atoms with Gasteiger partial charge in [0.15, 0.2) is 11.6 Å². The lowest BCUT2D eigenvalue weighted by Gasteiger charge is -2.30. The smallest absolute Gasteiger partial charge is 0.252 e. The zero-order valence-electron chi connectivity index (χ0n) is 22.6. The van der Waals surface area contributed by atoms with Crippen molar-refractivity contribution >= 4 is 27.7 Å². The number of aliphatic hydroxyl groups excluding tert-OH is 1. The molecule has 41 heavy (non-hydrogen) atoms. The van der Waals surface area contributed by atoms with Crippen molar-refractivity contribution in [3.63, 3.8) is 0 Å². The largest absolute Gasteiger partial charge is 0.494 e. The SMILES string of the molecule is C=CC[C@@]1(C(=O)NCCc2ccc(Br)cc2)N=C(c2ccc(OCCCO)cc2)O[C@@H]1c1ccccc1CN=[N+]=[N-]. The van der Waals surface area contributed by atoms with Gasteiger partial charge in [-0.1, -0.05) is 63.5 Å². The molecule has 9 nitrogen and oxygen atoms in total. The van der Waals surface area contributed by atoms with E-state index in [2.05, 4.69) is 37.9 Å². The molecule has 0 spiro atoms. The van der Waals surface area contributed by atoms with Crippen molar-refractivity contribution in [2.24, 2.45) is 10.1 Å². The van der Waals surface area contributed by atoms with Crippen molar-refractivity contribution in [1.82, 2.24) is 5.32 Å². The van der Waals surface area contributed by atoms with Crippen molar-refractivity contribution in [2.45, 2.75) is 37.5 Å². The zero-order valence-corrected chi connectivity index (χ0v) is 24.2. The molecule has 212 valence electrons. The van der Waals surface area contributed by atoms with Crippen molar-refractivity contribution in [3.05, 3.63) is 123 Å². The molecule has 0 radical (unpaired) electrons. The maximum absolute atomic E-state index is 14.0. The zero-order chi connectivity index (χ0) is 29.1. The molecule has 0 saturated heterocycles. The number of ether oxygens (including phenoxy) is 2. The van der Waals surface area contributed by atoms with E-state index in [1.54, 1.807) is 18.2 Å². The van der Waals surface area contributed by atoms with Crippen LogP contribution < -0.4 is 10.1 Å². The summed E-state index contributed by atoms with van der Waals surface area (Å²) in [5, 5.41) is 15.8. The number of hydrogen-bond acceptors (Lipinski definition) is 6. The Kier molecular flexibility index (Phi) is 10.6. The molecule has 0 aliphatic carbocycles. The summed E-state index contributed by atoms with van der Waals surface area (Å²) < 4.78 is 13.1. The van der Waals surface area contributed by atoms with Crippen LogP contribution in [0.3, 0.4) is 0 Å². The molecule has 2 N–H and O–H groups in total. The Balaban J connectivity index is 1.67. The standard InChI is InChI=1S/C31H32BrN5O4/c1-2-17-31(30(39)34-18-16-22-8-12-25(32)13-9-22)28(27-7-4-3-6-24(27)21-35-37-33)41-29(36-31)23-10-14-26(15-11-23)40-20-5-19-38/h2-4,6-15,28,38H,1,5,16-21H2,(H,34,39)/t28-,31-/m1/s1. The molecule has 10 heteroatoms. The maximum Gasteiger partial charge on any atom is 0.252 e. The van der Waals surface area contributed by atoms with Crippen LogP contribution in [0, 0.1) is 0 Å². The molecule has 0 unspecified atom stereocenters. The number of amides is 1. The predicted octanol–water partition coefficient (Wildman–Crippen LogP) is 6.21. The fourth-order valence-corrected chi connectivity index (χ4v) is 4.94. The molecule has 1 amide bonds. The number of aliphatic hydroxyl groups is 1. The minimum atomic E-state index is -1.33. The first-order valence-electron chi connectivity index (χ1n) is 13.3. The van der Waals surface area contributed by atoms with Gasteiger partial charge in [-0.05, 0) is 65.0 Å². The highest BCUT2D eigenvalue weighted by atomic mass is 79.9. The van der Waals surface area contributed by atoms with E-state index in [0.29, 0.717) is 48.8 Å². The number of benzene rings is 3. The van der Waals surface area contributed by atoms with Crippen LogP contribution in [0.2, 0.25) is 0 Å². The molecule has 1 aliphatic heterocycles. The van der Waals surface area contributed by atoms with E-state index in [4.69, 9.17) is 25.1 Å². The minimum Gasteiger partial charge on any atom is -0.494 e. The fraction of sp³-hybridized carbons (Fsp3) is 0.290. The lowest BCUT2D eigenvalue weighted by Crippen LogP contribution is -2.48. The normalized spacial score (nSPS) is 17.6. The highest BCUT2D eigenvalue weighted by molar-refractivity contribution is 9.10. The molecular formula is C31H32BrN5O4. The molecule has 0 aromatic heterocycles. The summed E-state index contributed by atoms with van der Waals surface area (Å²) in [6.07, 6.45) is 2.30. The number of carbonyl (C=O) groups excluding carboxylic acids is 1.